The number of piperidine rings is 3. The summed E-state index contributed by atoms with van der Waals surface area (Å²) in [5.74, 6) is 1.22. The van der Waals surface area contributed by atoms with Gasteiger partial charge in [0.25, 0.3) is 5.56 Å². The van der Waals surface area contributed by atoms with Crippen LogP contribution in [-0.4, -0.2) is 40.1 Å². The molecule has 104 valence electrons. The summed E-state index contributed by atoms with van der Waals surface area (Å²) in [6.45, 7) is 6.31. The Bertz CT molecular complexity index is 490. The maximum absolute atomic E-state index is 12.3. The normalized spacial score (nSPS) is 29.4. The number of hydrogen-bond donors (Lipinski definition) is 1. The van der Waals surface area contributed by atoms with Crippen LogP contribution in [0.2, 0.25) is 0 Å². The first kappa shape index (κ1) is 12.7. The Hall–Kier alpha value is -1.36. The standard InChI is InChI=1S/C14H22N4O/c1-2-6-18-9-5-15-13(14(18)19)16-12-10-17-7-3-11(12)4-8-17/h5,9,11-12H,2-4,6-8,10H2,1H3,(H,15,16). The molecule has 0 aromatic carbocycles. The van der Waals surface area contributed by atoms with E-state index in [4.69, 9.17) is 0 Å². The summed E-state index contributed by atoms with van der Waals surface area (Å²) >= 11 is 0. The van der Waals surface area contributed by atoms with E-state index in [2.05, 4.69) is 22.1 Å². The summed E-state index contributed by atoms with van der Waals surface area (Å²) in [7, 11) is 0. The Balaban J connectivity index is 1.76. The number of rotatable bonds is 4. The van der Waals surface area contributed by atoms with Crippen molar-refractivity contribution in [3.05, 3.63) is 22.7 Å². The van der Waals surface area contributed by atoms with Gasteiger partial charge in [0.2, 0.25) is 0 Å². The molecule has 0 saturated carbocycles. The molecule has 0 aliphatic carbocycles. The molecular weight excluding hydrogens is 240 g/mol. The van der Waals surface area contributed by atoms with Gasteiger partial charge in [-0.25, -0.2) is 4.98 Å². The molecule has 5 heteroatoms. The highest BCUT2D eigenvalue weighted by Gasteiger charge is 2.34. The Kier molecular flexibility index (Phi) is 3.55. The van der Waals surface area contributed by atoms with Crippen LogP contribution in [0.1, 0.15) is 26.2 Å². The van der Waals surface area contributed by atoms with E-state index in [9.17, 15) is 4.79 Å². The highest BCUT2D eigenvalue weighted by atomic mass is 16.1. The number of nitrogens with zero attached hydrogens (tertiary/aromatic N) is 3. The Labute approximate surface area is 113 Å². The van der Waals surface area contributed by atoms with Gasteiger partial charge < -0.3 is 14.8 Å². The highest BCUT2D eigenvalue weighted by molar-refractivity contribution is 5.33. The molecule has 3 fully saturated rings. The van der Waals surface area contributed by atoms with Crippen LogP contribution in [0, 0.1) is 5.92 Å². The minimum absolute atomic E-state index is 0.0146. The lowest BCUT2D eigenvalue weighted by Crippen LogP contribution is -2.54. The number of fused-ring (bicyclic) bond motifs is 3. The molecule has 1 atom stereocenters. The molecule has 0 radical (unpaired) electrons. The molecule has 2 bridgehead atoms. The summed E-state index contributed by atoms with van der Waals surface area (Å²) in [6, 6.07) is 0.389. The van der Waals surface area contributed by atoms with E-state index in [1.165, 1.54) is 25.9 Å². The van der Waals surface area contributed by atoms with Crippen LogP contribution in [0.4, 0.5) is 5.82 Å². The van der Waals surface area contributed by atoms with Crippen molar-refractivity contribution in [2.24, 2.45) is 5.92 Å². The average molecular weight is 262 g/mol. The van der Waals surface area contributed by atoms with Crippen LogP contribution in [0.5, 0.6) is 0 Å². The third kappa shape index (κ3) is 2.52. The molecule has 3 saturated heterocycles. The minimum atomic E-state index is 0.0146. The number of anilines is 1. The second kappa shape index (κ2) is 5.33. The Morgan fingerprint density at radius 2 is 2.21 bits per heavy atom. The van der Waals surface area contributed by atoms with Crippen molar-refractivity contribution in [3.8, 4) is 0 Å². The third-order valence-corrected chi connectivity index (χ3v) is 4.36. The number of aromatic nitrogens is 2. The lowest BCUT2D eigenvalue weighted by molar-refractivity contribution is 0.0973. The molecule has 1 aromatic heterocycles. The smallest absolute Gasteiger partial charge is 0.293 e. The van der Waals surface area contributed by atoms with Crippen LogP contribution in [-0.2, 0) is 6.54 Å². The van der Waals surface area contributed by atoms with Gasteiger partial charge >= 0.3 is 0 Å². The number of hydrogen-bond acceptors (Lipinski definition) is 4. The fourth-order valence-corrected chi connectivity index (χ4v) is 3.27. The predicted molar refractivity (Wildman–Crippen MR) is 75.4 cm³/mol. The van der Waals surface area contributed by atoms with Gasteiger partial charge in [-0.05, 0) is 38.3 Å². The number of aryl methyl sites for hydroxylation is 1. The van der Waals surface area contributed by atoms with Gasteiger partial charge in [0, 0.05) is 31.5 Å². The van der Waals surface area contributed by atoms with E-state index in [-0.39, 0.29) is 5.56 Å². The SMILES string of the molecule is CCCn1ccnc(NC2CN3CCC2CC3)c1=O. The van der Waals surface area contributed by atoms with Gasteiger partial charge in [-0.3, -0.25) is 4.79 Å². The fourth-order valence-electron chi connectivity index (χ4n) is 3.27. The summed E-state index contributed by atoms with van der Waals surface area (Å²) in [6.07, 6.45) is 6.94. The van der Waals surface area contributed by atoms with Gasteiger partial charge in [-0.2, -0.15) is 0 Å². The maximum atomic E-state index is 12.3. The second-order valence-electron chi connectivity index (χ2n) is 5.66. The van der Waals surface area contributed by atoms with E-state index in [1.54, 1.807) is 17.0 Å². The van der Waals surface area contributed by atoms with E-state index < -0.39 is 0 Å². The monoisotopic (exact) mass is 262 g/mol. The van der Waals surface area contributed by atoms with Crippen molar-refractivity contribution < 1.29 is 0 Å². The van der Waals surface area contributed by atoms with Crippen LogP contribution in [0.3, 0.4) is 0 Å². The predicted octanol–water partition coefficient (Wildman–Crippen LogP) is 1.16. The van der Waals surface area contributed by atoms with E-state index in [0.29, 0.717) is 17.8 Å². The molecule has 19 heavy (non-hydrogen) atoms. The first-order valence-electron chi connectivity index (χ1n) is 7.32. The molecule has 1 N–H and O–H groups in total. The maximum Gasteiger partial charge on any atom is 0.293 e. The van der Waals surface area contributed by atoms with E-state index in [0.717, 1.165) is 19.5 Å². The summed E-state index contributed by atoms with van der Waals surface area (Å²) in [5, 5.41) is 3.39. The third-order valence-electron chi connectivity index (χ3n) is 4.36. The zero-order valence-electron chi connectivity index (χ0n) is 11.5. The molecule has 3 aliphatic rings. The van der Waals surface area contributed by atoms with Gasteiger partial charge in [0.1, 0.15) is 0 Å². The van der Waals surface area contributed by atoms with Crippen molar-refractivity contribution in [2.75, 3.05) is 25.0 Å². The van der Waals surface area contributed by atoms with Crippen LogP contribution in [0.15, 0.2) is 17.2 Å². The highest BCUT2D eigenvalue weighted by Crippen LogP contribution is 2.28. The Morgan fingerprint density at radius 1 is 1.42 bits per heavy atom. The van der Waals surface area contributed by atoms with Crippen molar-refractivity contribution in [3.63, 3.8) is 0 Å². The largest absolute Gasteiger partial charge is 0.361 e. The Morgan fingerprint density at radius 3 is 2.84 bits per heavy atom. The second-order valence-corrected chi connectivity index (χ2v) is 5.66. The molecule has 0 spiro atoms. The van der Waals surface area contributed by atoms with Gasteiger partial charge in [-0.15, -0.1) is 0 Å². The molecule has 1 aromatic rings. The molecule has 5 nitrogen and oxygen atoms in total. The average Bonchev–Trinajstić information content (AvgIpc) is 2.45. The first-order valence-corrected chi connectivity index (χ1v) is 7.32. The van der Waals surface area contributed by atoms with Crippen LogP contribution < -0.4 is 10.9 Å². The molecule has 4 heterocycles. The van der Waals surface area contributed by atoms with Crippen molar-refractivity contribution in [1.82, 2.24) is 14.5 Å². The molecule has 1 unspecified atom stereocenters. The first-order chi connectivity index (χ1) is 9.28. The fraction of sp³-hybridized carbons (Fsp3) is 0.714. The molecule has 4 rings (SSSR count). The van der Waals surface area contributed by atoms with Crippen molar-refractivity contribution in [2.45, 2.75) is 38.8 Å². The molecule has 3 aliphatic heterocycles. The van der Waals surface area contributed by atoms with Crippen LogP contribution >= 0.6 is 0 Å². The number of nitrogens with one attached hydrogen (secondary N) is 1. The van der Waals surface area contributed by atoms with Crippen molar-refractivity contribution >= 4 is 5.82 Å². The topological polar surface area (TPSA) is 50.2 Å². The lowest BCUT2D eigenvalue weighted by Gasteiger charge is -2.45. The lowest BCUT2D eigenvalue weighted by atomic mass is 9.84. The molecular formula is C14H22N4O. The zero-order chi connectivity index (χ0) is 13.2. The van der Waals surface area contributed by atoms with E-state index in [1.807, 2.05) is 0 Å². The van der Waals surface area contributed by atoms with Crippen LogP contribution in [0.25, 0.3) is 0 Å². The zero-order valence-corrected chi connectivity index (χ0v) is 11.5. The van der Waals surface area contributed by atoms with E-state index >= 15 is 0 Å². The summed E-state index contributed by atoms with van der Waals surface area (Å²) in [5.41, 5.74) is 0.0146. The van der Waals surface area contributed by atoms with Gasteiger partial charge in [-0.1, -0.05) is 6.92 Å². The van der Waals surface area contributed by atoms with Crippen molar-refractivity contribution in [1.29, 1.82) is 0 Å². The molecule has 0 amide bonds. The summed E-state index contributed by atoms with van der Waals surface area (Å²) in [4.78, 5) is 19.0. The van der Waals surface area contributed by atoms with Gasteiger partial charge in [0.05, 0.1) is 0 Å². The quantitative estimate of drug-likeness (QED) is 0.884. The van der Waals surface area contributed by atoms with Gasteiger partial charge in [0.15, 0.2) is 5.82 Å². The minimum Gasteiger partial charge on any atom is -0.361 e. The summed E-state index contributed by atoms with van der Waals surface area (Å²) < 4.78 is 1.75.